The van der Waals surface area contributed by atoms with Crippen LogP contribution in [0.4, 0.5) is 19.0 Å². The Kier molecular flexibility index (Phi) is 7.47. The minimum absolute atomic E-state index is 0.0914. The standard InChI is InChI=1S/C33H36F3N7O4S/c1-2-22-25(35)6-5-19-11-21(44)12-23(26(19)22)28-27(36)29-24(14-37-28)30(42-9-3-7-32(17-42)16-38-48(45,46)41-32)40-31(39-29)47-18-33-8-4-10-43(33)15-20(34)13-33/h5-6,11-12,14,20,38,41,44H,2-4,7-10,13,15-18H2,1H3/t20-,32?,33+/m1/s1. The first-order chi connectivity index (χ1) is 23.0. The summed E-state index contributed by atoms with van der Waals surface area (Å²) in [7, 11) is -3.65. The third-order valence-corrected chi connectivity index (χ3v) is 11.7. The van der Waals surface area contributed by atoms with Gasteiger partial charge in [-0.1, -0.05) is 13.0 Å². The van der Waals surface area contributed by atoms with Crippen LogP contribution in [-0.4, -0.2) is 90.0 Å². The van der Waals surface area contributed by atoms with Crippen LogP contribution in [0, 0.1) is 11.6 Å². The van der Waals surface area contributed by atoms with E-state index in [1.165, 1.54) is 30.5 Å². The van der Waals surface area contributed by atoms with Gasteiger partial charge in [0.2, 0.25) is 0 Å². The molecule has 48 heavy (non-hydrogen) atoms. The number of phenols is 1. The lowest BCUT2D eigenvalue weighted by molar-refractivity contribution is 0.107. The summed E-state index contributed by atoms with van der Waals surface area (Å²) in [5.74, 6) is -1.05. The predicted octanol–water partition coefficient (Wildman–Crippen LogP) is 4.12. The Labute approximate surface area is 275 Å². The van der Waals surface area contributed by atoms with Gasteiger partial charge in [0, 0.05) is 44.4 Å². The van der Waals surface area contributed by atoms with Gasteiger partial charge in [-0.25, -0.2) is 17.9 Å². The number of benzene rings is 2. The van der Waals surface area contributed by atoms with Crippen molar-refractivity contribution in [3.8, 4) is 23.0 Å². The van der Waals surface area contributed by atoms with Gasteiger partial charge < -0.3 is 14.7 Å². The van der Waals surface area contributed by atoms with Crippen LogP contribution in [0.2, 0.25) is 0 Å². The first kappa shape index (κ1) is 31.5. The van der Waals surface area contributed by atoms with Gasteiger partial charge in [0.15, 0.2) is 5.82 Å². The van der Waals surface area contributed by atoms with Crippen molar-refractivity contribution in [1.29, 1.82) is 0 Å². The summed E-state index contributed by atoms with van der Waals surface area (Å²) in [5, 5.41) is 11.8. The van der Waals surface area contributed by atoms with E-state index < -0.39 is 39.1 Å². The number of halogens is 3. The van der Waals surface area contributed by atoms with E-state index in [1.54, 1.807) is 6.92 Å². The van der Waals surface area contributed by atoms with Gasteiger partial charge in [-0.15, -0.1) is 0 Å². The molecule has 1 unspecified atom stereocenters. The van der Waals surface area contributed by atoms with Gasteiger partial charge in [-0.3, -0.25) is 9.88 Å². The highest BCUT2D eigenvalue weighted by Gasteiger charge is 2.49. The lowest BCUT2D eigenvalue weighted by atomic mass is 9.90. The number of aromatic nitrogens is 3. The molecule has 4 saturated heterocycles. The van der Waals surface area contributed by atoms with Crippen LogP contribution < -0.4 is 19.1 Å². The second-order valence-electron chi connectivity index (χ2n) is 13.6. The largest absolute Gasteiger partial charge is 0.508 e. The van der Waals surface area contributed by atoms with Crippen molar-refractivity contribution < 1.29 is 31.4 Å². The van der Waals surface area contributed by atoms with Crippen molar-refractivity contribution in [1.82, 2.24) is 29.3 Å². The Morgan fingerprint density at radius 1 is 1.15 bits per heavy atom. The summed E-state index contributed by atoms with van der Waals surface area (Å²) in [6.07, 6.45) is 4.07. The number of alkyl halides is 1. The van der Waals surface area contributed by atoms with E-state index in [9.17, 15) is 22.3 Å². The summed E-state index contributed by atoms with van der Waals surface area (Å²) in [4.78, 5) is 17.8. The van der Waals surface area contributed by atoms with Crippen molar-refractivity contribution >= 4 is 37.7 Å². The van der Waals surface area contributed by atoms with Crippen LogP contribution in [0.15, 0.2) is 30.5 Å². The minimum Gasteiger partial charge on any atom is -0.508 e. The van der Waals surface area contributed by atoms with Crippen LogP contribution in [-0.2, 0) is 16.6 Å². The molecule has 6 heterocycles. The van der Waals surface area contributed by atoms with Crippen molar-refractivity contribution in [3.05, 3.63) is 47.7 Å². The number of pyridine rings is 1. The topological polar surface area (TPSA) is 133 Å². The number of phenolic OH excluding ortho intramolecular Hbond substituents is 1. The van der Waals surface area contributed by atoms with Crippen molar-refractivity contribution in [2.45, 2.75) is 62.7 Å². The van der Waals surface area contributed by atoms with Crippen molar-refractivity contribution in [2.24, 2.45) is 0 Å². The zero-order valence-corrected chi connectivity index (χ0v) is 27.2. The second kappa shape index (κ2) is 11.4. The molecule has 0 aliphatic carbocycles. The van der Waals surface area contributed by atoms with Gasteiger partial charge in [-0.2, -0.15) is 23.1 Å². The van der Waals surface area contributed by atoms with Crippen molar-refractivity contribution in [3.63, 3.8) is 0 Å². The normalized spacial score (nSPS) is 27.0. The zero-order valence-electron chi connectivity index (χ0n) is 26.4. The van der Waals surface area contributed by atoms with E-state index in [0.717, 1.165) is 19.4 Å². The van der Waals surface area contributed by atoms with E-state index in [1.807, 2.05) is 4.90 Å². The van der Waals surface area contributed by atoms with Gasteiger partial charge in [-0.05, 0) is 73.2 Å². The molecule has 8 rings (SSSR count). The van der Waals surface area contributed by atoms with Crippen LogP contribution >= 0.6 is 0 Å². The van der Waals surface area contributed by atoms with E-state index in [0.29, 0.717) is 60.9 Å². The quantitative estimate of drug-likeness (QED) is 0.275. The van der Waals surface area contributed by atoms with Crippen LogP contribution in [0.25, 0.3) is 32.9 Å². The lowest BCUT2D eigenvalue weighted by Gasteiger charge is -2.40. The van der Waals surface area contributed by atoms with E-state index in [2.05, 4.69) is 24.3 Å². The number of hydrogen-bond acceptors (Lipinski definition) is 9. The number of rotatable bonds is 6. The number of hydrogen-bond donors (Lipinski definition) is 3. The van der Waals surface area contributed by atoms with Crippen LogP contribution in [0.1, 0.15) is 44.6 Å². The summed E-state index contributed by atoms with van der Waals surface area (Å²) in [5.41, 5.74) is -0.918. The lowest BCUT2D eigenvalue weighted by Crippen LogP contribution is -2.56. The third kappa shape index (κ3) is 5.22. The predicted molar refractivity (Wildman–Crippen MR) is 174 cm³/mol. The number of nitrogens with zero attached hydrogens (tertiary/aromatic N) is 5. The number of aromatic hydroxyl groups is 1. The molecule has 0 amide bonds. The van der Waals surface area contributed by atoms with Gasteiger partial charge in [0.05, 0.1) is 16.5 Å². The fraction of sp³-hybridized carbons (Fsp3) is 0.485. The van der Waals surface area contributed by atoms with Crippen molar-refractivity contribution in [2.75, 3.05) is 44.2 Å². The number of aryl methyl sites for hydroxylation is 1. The molecule has 0 radical (unpaired) electrons. The molecule has 11 nitrogen and oxygen atoms in total. The maximum Gasteiger partial charge on any atom is 0.319 e. The highest BCUT2D eigenvalue weighted by atomic mass is 32.2. The molecule has 2 aromatic heterocycles. The first-order valence-electron chi connectivity index (χ1n) is 16.3. The molecule has 2 aromatic carbocycles. The summed E-state index contributed by atoms with van der Waals surface area (Å²) < 4.78 is 82.6. The van der Waals surface area contributed by atoms with Gasteiger partial charge in [0.25, 0.3) is 10.2 Å². The summed E-state index contributed by atoms with van der Waals surface area (Å²) in [6, 6.07) is 5.63. The fourth-order valence-electron chi connectivity index (χ4n) is 8.33. The molecule has 0 bridgehead atoms. The SMILES string of the molecule is CCc1c(F)ccc2cc(O)cc(-c3ncc4c(N5CCCC6(CNS(=O)(=O)N6)C5)nc(OC[C@@]56CCCN5C[C@H](F)C6)nc4c3F)c12. The minimum atomic E-state index is -3.65. The van der Waals surface area contributed by atoms with Crippen LogP contribution in [0.3, 0.4) is 0 Å². The van der Waals surface area contributed by atoms with Gasteiger partial charge in [0.1, 0.15) is 41.4 Å². The molecule has 4 aliphatic heterocycles. The average Bonchev–Trinajstić information content (AvgIpc) is 3.68. The maximum absolute atomic E-state index is 16.9. The summed E-state index contributed by atoms with van der Waals surface area (Å²) >= 11 is 0. The van der Waals surface area contributed by atoms with E-state index in [-0.39, 0.29) is 53.6 Å². The molecule has 15 heteroatoms. The van der Waals surface area contributed by atoms with Gasteiger partial charge >= 0.3 is 6.01 Å². The molecular weight excluding hydrogens is 647 g/mol. The molecule has 254 valence electrons. The molecule has 1 spiro atoms. The highest BCUT2D eigenvalue weighted by molar-refractivity contribution is 7.87. The fourth-order valence-corrected chi connectivity index (χ4v) is 9.67. The number of fused-ring (bicyclic) bond motifs is 3. The van der Waals surface area contributed by atoms with E-state index in [4.69, 9.17) is 9.72 Å². The Morgan fingerprint density at radius 2 is 1.98 bits per heavy atom. The van der Waals surface area contributed by atoms with Crippen LogP contribution in [0.5, 0.6) is 11.8 Å². The average molecular weight is 684 g/mol. The molecule has 3 N–H and O–H groups in total. The number of ether oxygens (including phenoxy) is 1. The molecule has 4 aromatic rings. The Morgan fingerprint density at radius 3 is 2.77 bits per heavy atom. The molecule has 3 atom stereocenters. The number of nitrogens with one attached hydrogen (secondary N) is 2. The molecule has 4 aliphatic rings. The smallest absolute Gasteiger partial charge is 0.319 e. The highest BCUT2D eigenvalue weighted by Crippen LogP contribution is 2.42. The number of piperidine rings is 1. The Balaban J connectivity index is 1.27. The Hall–Kier alpha value is -3.79. The van der Waals surface area contributed by atoms with E-state index >= 15 is 4.39 Å². The maximum atomic E-state index is 16.9. The third-order valence-electron chi connectivity index (χ3n) is 10.5. The monoisotopic (exact) mass is 683 g/mol. The summed E-state index contributed by atoms with van der Waals surface area (Å²) in [6.45, 7) is 4.00. The zero-order chi connectivity index (χ0) is 33.4. The molecule has 4 fully saturated rings. The molecular formula is C33H36F3N7O4S. The first-order valence-corrected chi connectivity index (χ1v) is 17.8. The Bertz CT molecular complexity index is 2070. The second-order valence-corrected chi connectivity index (χ2v) is 15.1. The number of anilines is 1. The molecule has 0 saturated carbocycles.